The smallest absolute Gasteiger partial charge is 0.223 e. The zero-order valence-electron chi connectivity index (χ0n) is 12.7. The summed E-state index contributed by atoms with van der Waals surface area (Å²) in [4.78, 5) is 19.6. The SMILES string of the molecule is Cc1ccc(-c2nc3[nH]c4ccccc4n3c2CC(N)=O)cc1. The summed E-state index contributed by atoms with van der Waals surface area (Å²) in [5.74, 6) is 0.350. The van der Waals surface area contributed by atoms with E-state index < -0.39 is 0 Å². The summed E-state index contributed by atoms with van der Waals surface area (Å²) in [7, 11) is 0. The van der Waals surface area contributed by atoms with E-state index in [-0.39, 0.29) is 12.3 Å². The Morgan fingerprint density at radius 2 is 1.91 bits per heavy atom. The normalized spacial score (nSPS) is 11.3. The fourth-order valence-electron chi connectivity index (χ4n) is 2.96. The number of carbonyl (C=O) groups excluding carboxylic acids is 1. The number of imidazole rings is 2. The van der Waals surface area contributed by atoms with E-state index in [9.17, 15) is 4.79 Å². The van der Waals surface area contributed by atoms with Crippen molar-refractivity contribution in [2.24, 2.45) is 5.73 Å². The Bertz CT molecular complexity index is 1020. The van der Waals surface area contributed by atoms with Gasteiger partial charge in [0.05, 0.1) is 28.8 Å². The number of hydrogen-bond donors (Lipinski definition) is 2. The molecule has 23 heavy (non-hydrogen) atoms. The van der Waals surface area contributed by atoms with Gasteiger partial charge < -0.3 is 10.7 Å². The Labute approximate surface area is 132 Å². The highest BCUT2D eigenvalue weighted by molar-refractivity contribution is 5.85. The Morgan fingerprint density at radius 1 is 1.17 bits per heavy atom. The van der Waals surface area contributed by atoms with Crippen molar-refractivity contribution >= 4 is 22.7 Å². The predicted molar refractivity (Wildman–Crippen MR) is 90.1 cm³/mol. The number of carbonyl (C=O) groups is 1. The third-order valence-electron chi connectivity index (χ3n) is 4.03. The summed E-state index contributed by atoms with van der Waals surface area (Å²) < 4.78 is 1.98. The molecule has 114 valence electrons. The summed E-state index contributed by atoms with van der Waals surface area (Å²) in [6.45, 7) is 2.04. The summed E-state index contributed by atoms with van der Waals surface area (Å²) >= 11 is 0. The monoisotopic (exact) mass is 304 g/mol. The van der Waals surface area contributed by atoms with Gasteiger partial charge in [-0.2, -0.15) is 0 Å². The van der Waals surface area contributed by atoms with Gasteiger partial charge in [-0.05, 0) is 19.1 Å². The molecule has 2 aromatic carbocycles. The second-order valence-electron chi connectivity index (χ2n) is 5.72. The number of hydrogen-bond acceptors (Lipinski definition) is 2. The van der Waals surface area contributed by atoms with E-state index in [4.69, 9.17) is 10.7 Å². The van der Waals surface area contributed by atoms with Crippen LogP contribution < -0.4 is 5.73 Å². The molecular weight excluding hydrogens is 288 g/mol. The Morgan fingerprint density at radius 3 is 2.65 bits per heavy atom. The average molecular weight is 304 g/mol. The van der Waals surface area contributed by atoms with Gasteiger partial charge in [0.25, 0.3) is 0 Å². The number of nitrogens with one attached hydrogen (secondary N) is 1. The lowest BCUT2D eigenvalue weighted by atomic mass is 10.1. The van der Waals surface area contributed by atoms with Crippen LogP contribution in [0.15, 0.2) is 48.5 Å². The zero-order valence-corrected chi connectivity index (χ0v) is 12.7. The third-order valence-corrected chi connectivity index (χ3v) is 4.03. The number of aromatic nitrogens is 3. The van der Waals surface area contributed by atoms with Crippen LogP contribution in [-0.4, -0.2) is 20.3 Å². The lowest BCUT2D eigenvalue weighted by Gasteiger charge is -2.04. The molecule has 5 nitrogen and oxygen atoms in total. The molecule has 0 fully saturated rings. The van der Waals surface area contributed by atoms with Crippen molar-refractivity contribution in [3.8, 4) is 11.3 Å². The van der Waals surface area contributed by atoms with Gasteiger partial charge in [-0.25, -0.2) is 4.98 Å². The fourth-order valence-corrected chi connectivity index (χ4v) is 2.96. The number of rotatable bonds is 3. The molecule has 0 aliphatic rings. The summed E-state index contributed by atoms with van der Waals surface area (Å²) in [5.41, 5.74) is 11.2. The first-order chi connectivity index (χ1) is 11.1. The van der Waals surface area contributed by atoms with Crippen molar-refractivity contribution in [2.75, 3.05) is 0 Å². The number of nitrogens with two attached hydrogens (primary N) is 1. The number of benzene rings is 2. The first-order valence-corrected chi connectivity index (χ1v) is 7.47. The molecule has 4 rings (SSSR count). The van der Waals surface area contributed by atoms with Crippen LogP contribution in [0.3, 0.4) is 0 Å². The lowest BCUT2D eigenvalue weighted by molar-refractivity contribution is -0.117. The second kappa shape index (κ2) is 4.98. The molecule has 1 amide bonds. The van der Waals surface area contributed by atoms with Crippen LogP contribution in [0, 0.1) is 6.92 Å². The van der Waals surface area contributed by atoms with Crippen LogP contribution in [-0.2, 0) is 11.2 Å². The molecule has 0 saturated heterocycles. The highest BCUT2D eigenvalue weighted by atomic mass is 16.1. The van der Waals surface area contributed by atoms with Gasteiger partial charge in [0, 0.05) is 5.56 Å². The first kappa shape index (κ1) is 13.6. The van der Waals surface area contributed by atoms with E-state index in [0.29, 0.717) is 0 Å². The maximum atomic E-state index is 11.6. The highest BCUT2D eigenvalue weighted by Gasteiger charge is 2.19. The van der Waals surface area contributed by atoms with E-state index in [0.717, 1.165) is 33.8 Å². The molecular formula is C18H16N4O. The minimum absolute atomic E-state index is 0.145. The third kappa shape index (κ3) is 2.17. The number of para-hydroxylation sites is 2. The topological polar surface area (TPSA) is 76.2 Å². The number of fused-ring (bicyclic) bond motifs is 3. The number of aromatic amines is 1. The van der Waals surface area contributed by atoms with E-state index >= 15 is 0 Å². The van der Waals surface area contributed by atoms with Gasteiger partial charge in [-0.1, -0.05) is 42.0 Å². The van der Waals surface area contributed by atoms with Gasteiger partial charge in [0.1, 0.15) is 0 Å². The molecule has 0 bridgehead atoms. The van der Waals surface area contributed by atoms with Crippen molar-refractivity contribution in [3.63, 3.8) is 0 Å². The molecule has 0 aliphatic heterocycles. The van der Waals surface area contributed by atoms with Crippen LogP contribution in [0.2, 0.25) is 0 Å². The number of primary amides is 1. The molecule has 0 unspecified atom stereocenters. The van der Waals surface area contributed by atoms with Gasteiger partial charge in [0.15, 0.2) is 0 Å². The molecule has 2 aromatic heterocycles. The molecule has 0 saturated carbocycles. The molecule has 4 aromatic rings. The summed E-state index contributed by atoms with van der Waals surface area (Å²) in [6, 6.07) is 16.0. The zero-order chi connectivity index (χ0) is 16.0. The highest BCUT2D eigenvalue weighted by Crippen LogP contribution is 2.28. The number of amides is 1. The Balaban J connectivity index is 2.03. The average Bonchev–Trinajstić information content (AvgIpc) is 3.05. The van der Waals surface area contributed by atoms with Crippen molar-refractivity contribution < 1.29 is 4.79 Å². The van der Waals surface area contributed by atoms with Crippen LogP contribution in [0.25, 0.3) is 28.1 Å². The first-order valence-electron chi connectivity index (χ1n) is 7.47. The van der Waals surface area contributed by atoms with Crippen molar-refractivity contribution in [1.82, 2.24) is 14.4 Å². The van der Waals surface area contributed by atoms with Crippen molar-refractivity contribution in [2.45, 2.75) is 13.3 Å². The molecule has 2 heterocycles. The Kier molecular flexibility index (Phi) is 2.94. The van der Waals surface area contributed by atoms with E-state index in [1.807, 2.05) is 59.9 Å². The lowest BCUT2D eigenvalue weighted by Crippen LogP contribution is -2.15. The van der Waals surface area contributed by atoms with Gasteiger partial charge in [0.2, 0.25) is 11.7 Å². The maximum Gasteiger partial charge on any atom is 0.223 e. The van der Waals surface area contributed by atoms with E-state index in [2.05, 4.69) is 4.98 Å². The fraction of sp³-hybridized carbons (Fsp3) is 0.111. The minimum atomic E-state index is -0.370. The van der Waals surface area contributed by atoms with Gasteiger partial charge in [-0.15, -0.1) is 0 Å². The van der Waals surface area contributed by atoms with Gasteiger partial charge in [-0.3, -0.25) is 9.20 Å². The largest absolute Gasteiger partial charge is 0.369 e. The molecule has 0 radical (unpaired) electrons. The molecule has 3 N–H and O–H groups in total. The van der Waals surface area contributed by atoms with E-state index in [1.165, 1.54) is 5.56 Å². The van der Waals surface area contributed by atoms with Crippen LogP contribution >= 0.6 is 0 Å². The minimum Gasteiger partial charge on any atom is -0.369 e. The Hall–Kier alpha value is -3.08. The molecule has 0 aliphatic carbocycles. The van der Waals surface area contributed by atoms with Crippen LogP contribution in [0.4, 0.5) is 0 Å². The summed E-state index contributed by atoms with van der Waals surface area (Å²) in [5, 5.41) is 0. The number of aryl methyl sites for hydroxylation is 1. The number of nitrogens with zero attached hydrogens (tertiary/aromatic N) is 2. The van der Waals surface area contributed by atoms with Crippen molar-refractivity contribution in [3.05, 3.63) is 59.8 Å². The van der Waals surface area contributed by atoms with Crippen LogP contribution in [0.1, 0.15) is 11.3 Å². The standard InChI is InChI=1S/C18H16N4O/c1-11-6-8-12(9-7-11)17-15(10-16(19)23)22-14-5-3-2-4-13(14)20-18(22)21-17/h2-9H,10H2,1H3,(H2,19,23)(H,20,21). The van der Waals surface area contributed by atoms with Crippen molar-refractivity contribution in [1.29, 1.82) is 0 Å². The second-order valence-corrected chi connectivity index (χ2v) is 5.72. The predicted octanol–water partition coefficient (Wildman–Crippen LogP) is 2.82. The van der Waals surface area contributed by atoms with Crippen LogP contribution in [0.5, 0.6) is 0 Å². The van der Waals surface area contributed by atoms with Gasteiger partial charge >= 0.3 is 0 Å². The maximum absolute atomic E-state index is 11.6. The molecule has 0 spiro atoms. The quantitative estimate of drug-likeness (QED) is 0.610. The van der Waals surface area contributed by atoms with E-state index in [1.54, 1.807) is 0 Å². The summed E-state index contributed by atoms with van der Waals surface area (Å²) in [6.07, 6.45) is 0.145. The molecule has 5 heteroatoms. The number of H-pyrrole nitrogens is 1. The molecule has 0 atom stereocenters.